The second-order valence-electron chi connectivity index (χ2n) is 4.07. The molecular formula is C14H12N2O3. The summed E-state index contributed by atoms with van der Waals surface area (Å²) in [5, 5.41) is 9.06. The Kier molecular flexibility index (Phi) is 3.66. The zero-order chi connectivity index (χ0) is 13.8. The lowest BCUT2D eigenvalue weighted by molar-refractivity contribution is 0.0685. The lowest BCUT2D eigenvalue weighted by atomic mass is 10.1. The number of aromatic nitrogens is 2. The summed E-state index contributed by atoms with van der Waals surface area (Å²) in [6.07, 6.45) is 1.70. The molecule has 1 heterocycles. The van der Waals surface area contributed by atoms with Gasteiger partial charge in [0, 0.05) is 12.6 Å². The van der Waals surface area contributed by atoms with Crippen LogP contribution in [0.25, 0.3) is 0 Å². The molecule has 0 radical (unpaired) electrons. The predicted octanol–water partition coefficient (Wildman–Crippen LogP) is 1.97. The van der Waals surface area contributed by atoms with E-state index in [2.05, 4.69) is 9.97 Å². The first kappa shape index (κ1) is 12.9. The van der Waals surface area contributed by atoms with Crippen LogP contribution in [0, 0.1) is 0 Å². The molecule has 0 saturated carbocycles. The highest BCUT2D eigenvalue weighted by molar-refractivity contribution is 6.03. The minimum Gasteiger partial charge on any atom is -0.476 e. The third kappa shape index (κ3) is 3.01. The normalized spacial score (nSPS) is 10.2. The summed E-state index contributed by atoms with van der Waals surface area (Å²) in [6.45, 7) is 1.29. The Bertz CT molecular complexity index is 624. The van der Waals surface area contributed by atoms with E-state index in [1.807, 2.05) is 30.3 Å². The third-order valence-electron chi connectivity index (χ3n) is 2.63. The van der Waals surface area contributed by atoms with E-state index in [4.69, 9.17) is 5.11 Å². The minimum absolute atomic E-state index is 0.0318. The van der Waals surface area contributed by atoms with Gasteiger partial charge in [-0.05, 0) is 12.5 Å². The molecule has 0 saturated heterocycles. The third-order valence-corrected chi connectivity index (χ3v) is 2.63. The van der Waals surface area contributed by atoms with Gasteiger partial charge in [-0.15, -0.1) is 0 Å². The van der Waals surface area contributed by atoms with Crippen molar-refractivity contribution in [3.05, 3.63) is 59.2 Å². The van der Waals surface area contributed by atoms with Crippen LogP contribution in [0.1, 0.15) is 39.2 Å². The SMILES string of the molecule is CC(=O)c1cnc(Cc2ccccc2)nc1C(=O)O. The molecular weight excluding hydrogens is 244 g/mol. The van der Waals surface area contributed by atoms with Gasteiger partial charge in [-0.3, -0.25) is 4.79 Å². The smallest absolute Gasteiger partial charge is 0.355 e. The number of carbonyl (C=O) groups excluding carboxylic acids is 1. The van der Waals surface area contributed by atoms with Crippen molar-refractivity contribution in [3.63, 3.8) is 0 Å². The summed E-state index contributed by atoms with van der Waals surface area (Å²) in [4.78, 5) is 30.4. The van der Waals surface area contributed by atoms with Crippen LogP contribution >= 0.6 is 0 Å². The van der Waals surface area contributed by atoms with Crippen molar-refractivity contribution in [1.82, 2.24) is 9.97 Å². The molecule has 2 rings (SSSR count). The maximum Gasteiger partial charge on any atom is 0.355 e. The fourth-order valence-electron chi connectivity index (χ4n) is 1.70. The second-order valence-corrected chi connectivity index (χ2v) is 4.07. The number of hydrogen-bond donors (Lipinski definition) is 1. The Morgan fingerprint density at radius 3 is 2.47 bits per heavy atom. The van der Waals surface area contributed by atoms with Gasteiger partial charge < -0.3 is 5.11 Å². The lowest BCUT2D eigenvalue weighted by Crippen LogP contribution is -2.12. The number of carboxylic acids is 1. The van der Waals surface area contributed by atoms with Crippen LogP contribution in [-0.2, 0) is 6.42 Å². The Morgan fingerprint density at radius 2 is 1.89 bits per heavy atom. The minimum atomic E-state index is -1.22. The molecule has 0 atom stereocenters. The number of benzene rings is 1. The van der Waals surface area contributed by atoms with Crippen LogP contribution in [0.5, 0.6) is 0 Å². The standard InChI is InChI=1S/C14H12N2O3/c1-9(17)11-8-15-12(16-13(11)14(18)19)7-10-5-3-2-4-6-10/h2-6,8H,7H2,1H3,(H,18,19). The fourth-order valence-corrected chi connectivity index (χ4v) is 1.70. The second kappa shape index (κ2) is 5.39. The van der Waals surface area contributed by atoms with Gasteiger partial charge in [0.15, 0.2) is 11.5 Å². The highest BCUT2D eigenvalue weighted by Gasteiger charge is 2.17. The Labute approximate surface area is 110 Å². The van der Waals surface area contributed by atoms with Crippen LogP contribution in [0.3, 0.4) is 0 Å². The summed E-state index contributed by atoms with van der Waals surface area (Å²) in [5.74, 6) is -1.20. The van der Waals surface area contributed by atoms with E-state index >= 15 is 0 Å². The highest BCUT2D eigenvalue weighted by Crippen LogP contribution is 2.10. The van der Waals surface area contributed by atoms with Gasteiger partial charge in [0.2, 0.25) is 0 Å². The van der Waals surface area contributed by atoms with Crippen molar-refractivity contribution in [1.29, 1.82) is 0 Å². The molecule has 0 aliphatic heterocycles. The number of carboxylic acid groups (broad SMARTS) is 1. The summed E-state index contributed by atoms with van der Waals surface area (Å²) in [5.41, 5.74) is 0.771. The number of rotatable bonds is 4. The van der Waals surface area contributed by atoms with Crippen LogP contribution in [0.15, 0.2) is 36.5 Å². The van der Waals surface area contributed by atoms with Gasteiger partial charge in [0.05, 0.1) is 5.56 Å². The van der Waals surface area contributed by atoms with Crippen LogP contribution < -0.4 is 0 Å². The maximum atomic E-state index is 11.3. The van der Waals surface area contributed by atoms with E-state index < -0.39 is 5.97 Å². The van der Waals surface area contributed by atoms with Gasteiger partial charge in [-0.2, -0.15) is 0 Å². The molecule has 0 fully saturated rings. The molecule has 96 valence electrons. The molecule has 0 amide bonds. The number of nitrogens with zero attached hydrogens (tertiary/aromatic N) is 2. The number of hydrogen-bond acceptors (Lipinski definition) is 4. The van der Waals surface area contributed by atoms with Crippen molar-refractivity contribution in [2.24, 2.45) is 0 Å². The summed E-state index contributed by atoms with van der Waals surface area (Å²) in [6, 6.07) is 9.48. The van der Waals surface area contributed by atoms with E-state index in [1.165, 1.54) is 13.1 Å². The van der Waals surface area contributed by atoms with E-state index in [1.54, 1.807) is 0 Å². The predicted molar refractivity (Wildman–Crippen MR) is 68.2 cm³/mol. The monoisotopic (exact) mass is 256 g/mol. The molecule has 0 bridgehead atoms. The molecule has 1 aromatic heterocycles. The molecule has 0 aliphatic rings. The average molecular weight is 256 g/mol. The average Bonchev–Trinajstić information content (AvgIpc) is 2.39. The van der Waals surface area contributed by atoms with Crippen molar-refractivity contribution >= 4 is 11.8 Å². The largest absolute Gasteiger partial charge is 0.476 e. The summed E-state index contributed by atoms with van der Waals surface area (Å²) < 4.78 is 0. The van der Waals surface area contributed by atoms with Crippen LogP contribution in [0.2, 0.25) is 0 Å². The van der Waals surface area contributed by atoms with E-state index in [-0.39, 0.29) is 17.0 Å². The summed E-state index contributed by atoms with van der Waals surface area (Å²) >= 11 is 0. The molecule has 5 heteroatoms. The topological polar surface area (TPSA) is 80.2 Å². The molecule has 1 N–H and O–H groups in total. The van der Waals surface area contributed by atoms with Crippen molar-refractivity contribution < 1.29 is 14.7 Å². The summed E-state index contributed by atoms with van der Waals surface area (Å²) in [7, 11) is 0. The number of ketones is 1. The van der Waals surface area contributed by atoms with E-state index in [9.17, 15) is 9.59 Å². The van der Waals surface area contributed by atoms with Crippen LogP contribution in [0.4, 0.5) is 0 Å². The molecule has 0 spiro atoms. The maximum absolute atomic E-state index is 11.3. The molecule has 1 aromatic carbocycles. The van der Waals surface area contributed by atoms with Crippen molar-refractivity contribution in [2.75, 3.05) is 0 Å². The quantitative estimate of drug-likeness (QED) is 0.846. The first-order valence-corrected chi connectivity index (χ1v) is 5.72. The van der Waals surface area contributed by atoms with Gasteiger partial charge in [0.25, 0.3) is 0 Å². The molecule has 0 aliphatic carbocycles. The van der Waals surface area contributed by atoms with Crippen molar-refractivity contribution in [2.45, 2.75) is 13.3 Å². The lowest BCUT2D eigenvalue weighted by Gasteiger charge is -2.05. The van der Waals surface area contributed by atoms with Crippen molar-refractivity contribution in [3.8, 4) is 0 Å². The fraction of sp³-hybridized carbons (Fsp3) is 0.143. The number of carbonyl (C=O) groups is 2. The highest BCUT2D eigenvalue weighted by atomic mass is 16.4. The Morgan fingerprint density at radius 1 is 1.21 bits per heavy atom. The van der Waals surface area contributed by atoms with Crippen LogP contribution in [-0.4, -0.2) is 26.8 Å². The van der Waals surface area contributed by atoms with E-state index in [0.717, 1.165) is 5.56 Å². The number of aromatic carboxylic acids is 1. The van der Waals surface area contributed by atoms with Gasteiger partial charge in [-0.1, -0.05) is 30.3 Å². The van der Waals surface area contributed by atoms with Gasteiger partial charge >= 0.3 is 5.97 Å². The van der Waals surface area contributed by atoms with E-state index in [0.29, 0.717) is 12.2 Å². The molecule has 19 heavy (non-hydrogen) atoms. The first-order chi connectivity index (χ1) is 9.08. The van der Waals surface area contributed by atoms with Gasteiger partial charge in [-0.25, -0.2) is 14.8 Å². The molecule has 2 aromatic rings. The molecule has 5 nitrogen and oxygen atoms in total. The first-order valence-electron chi connectivity index (χ1n) is 5.72. The number of Topliss-reactive ketones (excluding diaryl/α,β-unsaturated/α-hetero) is 1. The Hall–Kier alpha value is -2.56. The molecule has 0 unspecified atom stereocenters. The zero-order valence-electron chi connectivity index (χ0n) is 10.3. The zero-order valence-corrected chi connectivity index (χ0v) is 10.3. The Balaban J connectivity index is 2.36. The van der Waals surface area contributed by atoms with Gasteiger partial charge in [0.1, 0.15) is 5.82 Å².